The van der Waals surface area contributed by atoms with E-state index in [1.165, 1.54) is 0 Å². The van der Waals surface area contributed by atoms with Gasteiger partial charge in [-0.25, -0.2) is 4.98 Å². The van der Waals surface area contributed by atoms with Crippen LogP contribution >= 0.6 is 0 Å². The number of aryl methyl sites for hydroxylation is 1. The molecule has 0 bridgehead atoms. The van der Waals surface area contributed by atoms with Crippen LogP contribution in [0.4, 0.5) is 0 Å². The Morgan fingerprint density at radius 3 is 2.91 bits per heavy atom. The van der Waals surface area contributed by atoms with Crippen molar-refractivity contribution in [1.82, 2.24) is 25.0 Å². The molecular formula is C24H24LiN6O3. The number of carbonyl (C=O) groups is 1. The Morgan fingerprint density at radius 1 is 1.32 bits per heavy atom. The van der Waals surface area contributed by atoms with E-state index >= 15 is 0 Å². The second-order valence-electron chi connectivity index (χ2n) is 8.45. The van der Waals surface area contributed by atoms with Gasteiger partial charge in [0, 0.05) is 49.0 Å². The van der Waals surface area contributed by atoms with Crippen molar-refractivity contribution in [2.75, 3.05) is 6.61 Å². The van der Waals surface area contributed by atoms with Gasteiger partial charge in [-0.15, -0.1) is 0 Å². The van der Waals surface area contributed by atoms with E-state index < -0.39 is 0 Å². The first-order valence-electron chi connectivity index (χ1n) is 11.0. The Kier molecular flexibility index (Phi) is 7.04. The molecule has 0 unspecified atom stereocenters. The molecule has 34 heavy (non-hydrogen) atoms. The van der Waals surface area contributed by atoms with Crippen LogP contribution in [0, 0.1) is 18.3 Å². The maximum absolute atomic E-state index is 12.9. The van der Waals surface area contributed by atoms with E-state index in [4.69, 9.17) is 14.2 Å². The molecule has 0 aliphatic carbocycles. The van der Waals surface area contributed by atoms with E-state index in [-0.39, 0.29) is 43.3 Å². The summed E-state index contributed by atoms with van der Waals surface area (Å²) in [5.41, 5.74) is 3.83. The fourth-order valence-electron chi connectivity index (χ4n) is 4.51. The normalized spacial score (nSPS) is 17.9. The van der Waals surface area contributed by atoms with Gasteiger partial charge in [0.1, 0.15) is 17.1 Å². The van der Waals surface area contributed by atoms with Crippen LogP contribution in [-0.4, -0.2) is 57.2 Å². The van der Waals surface area contributed by atoms with Crippen LogP contribution in [0.1, 0.15) is 48.5 Å². The van der Waals surface area contributed by atoms with Crippen LogP contribution in [0.5, 0.6) is 0 Å². The standard InChI is InChI=1S/C24H24N6O3.Li/c1-14-7-18(5-6-32-14)30-22(9-23(31)27-11-17-12-28-33-15(17)2)29-21-13-26-20-4-3-16(10-25)8-19(20)24(21)30;/h3-4,8,12-14,18H,5-7,9,11H2,1-2H3,(H,27,31);/t14-,18-;/m1./s1. The summed E-state index contributed by atoms with van der Waals surface area (Å²) in [6, 6.07) is 7.81. The van der Waals surface area contributed by atoms with Crippen LogP contribution in [0.15, 0.2) is 35.1 Å². The van der Waals surface area contributed by atoms with Crippen LogP contribution in [0.2, 0.25) is 0 Å². The minimum Gasteiger partial charge on any atom is -0.378 e. The number of fused-ring (bicyclic) bond motifs is 3. The molecule has 0 saturated carbocycles. The molecule has 1 radical (unpaired) electrons. The monoisotopic (exact) mass is 451 g/mol. The van der Waals surface area contributed by atoms with Gasteiger partial charge in [-0.3, -0.25) is 9.78 Å². The average Bonchev–Trinajstić information content (AvgIpc) is 3.40. The largest absolute Gasteiger partial charge is 0.378 e. The first-order valence-corrected chi connectivity index (χ1v) is 11.0. The van der Waals surface area contributed by atoms with Gasteiger partial charge in [-0.05, 0) is 44.9 Å². The molecule has 1 fully saturated rings. The van der Waals surface area contributed by atoms with Crippen LogP contribution < -0.4 is 5.32 Å². The van der Waals surface area contributed by atoms with Crippen molar-refractivity contribution >= 4 is 46.7 Å². The topological polar surface area (TPSA) is 119 Å². The molecule has 1 aliphatic heterocycles. The summed E-state index contributed by atoms with van der Waals surface area (Å²) >= 11 is 0. The number of nitriles is 1. The molecule has 1 aromatic carbocycles. The Morgan fingerprint density at radius 2 is 2.18 bits per heavy atom. The smallest absolute Gasteiger partial charge is 0.227 e. The maximum Gasteiger partial charge on any atom is 0.227 e. The summed E-state index contributed by atoms with van der Waals surface area (Å²) in [6.45, 7) is 4.87. The molecule has 9 nitrogen and oxygen atoms in total. The zero-order chi connectivity index (χ0) is 22.9. The summed E-state index contributed by atoms with van der Waals surface area (Å²) < 4.78 is 13.0. The van der Waals surface area contributed by atoms with Crippen molar-refractivity contribution in [3.8, 4) is 6.07 Å². The van der Waals surface area contributed by atoms with Crippen molar-refractivity contribution in [2.45, 2.75) is 51.8 Å². The van der Waals surface area contributed by atoms with Gasteiger partial charge in [0.25, 0.3) is 0 Å². The summed E-state index contributed by atoms with van der Waals surface area (Å²) in [5.74, 6) is 1.23. The summed E-state index contributed by atoms with van der Waals surface area (Å²) in [4.78, 5) is 22.2. The average molecular weight is 451 g/mol. The SMILES string of the molecule is Cc1oncc1CNC(=O)Cc1nc2cnc3ccc(C#N)cc3c2n1[C@@H]1CCO[C@H](C)C1.[Li]. The number of pyridine rings is 1. The molecule has 10 heteroatoms. The van der Waals surface area contributed by atoms with E-state index in [0.717, 1.165) is 40.3 Å². The summed E-state index contributed by atoms with van der Waals surface area (Å²) in [7, 11) is 0. The van der Waals surface area contributed by atoms with Gasteiger partial charge in [-0.1, -0.05) is 5.16 Å². The number of hydrogen-bond donors (Lipinski definition) is 1. The second-order valence-corrected chi connectivity index (χ2v) is 8.45. The van der Waals surface area contributed by atoms with Gasteiger partial charge in [0.15, 0.2) is 0 Å². The molecule has 5 rings (SSSR count). The van der Waals surface area contributed by atoms with Crippen LogP contribution in [0.3, 0.4) is 0 Å². The van der Waals surface area contributed by atoms with E-state index in [1.807, 2.05) is 19.1 Å². The van der Waals surface area contributed by atoms with Crippen LogP contribution in [0.25, 0.3) is 21.9 Å². The number of ether oxygens (including phenoxy) is 1. The third kappa shape index (κ3) is 4.58. The second kappa shape index (κ2) is 9.98. The molecule has 1 amide bonds. The maximum atomic E-state index is 12.9. The zero-order valence-electron chi connectivity index (χ0n) is 19.5. The fourth-order valence-corrected chi connectivity index (χ4v) is 4.51. The van der Waals surface area contributed by atoms with E-state index in [9.17, 15) is 10.1 Å². The third-order valence-corrected chi connectivity index (χ3v) is 6.19. The summed E-state index contributed by atoms with van der Waals surface area (Å²) in [5, 5.41) is 17.0. The number of hydrogen-bond acceptors (Lipinski definition) is 7. The molecule has 2 atom stereocenters. The number of nitrogens with zero attached hydrogens (tertiary/aromatic N) is 5. The van der Waals surface area contributed by atoms with Crippen molar-refractivity contribution in [1.29, 1.82) is 5.26 Å². The van der Waals surface area contributed by atoms with Gasteiger partial charge in [-0.2, -0.15) is 5.26 Å². The Balaban J connectivity index is 0.00000274. The Bertz CT molecular complexity index is 1390. The number of aromatic nitrogens is 4. The number of benzene rings is 1. The molecule has 1 N–H and O–H groups in total. The fraction of sp³-hybridized carbons (Fsp3) is 0.375. The first-order chi connectivity index (χ1) is 16.0. The quantitative estimate of drug-likeness (QED) is 0.463. The number of nitrogens with one attached hydrogen (secondary N) is 1. The molecule has 1 aliphatic rings. The Hall–Kier alpha value is -3.17. The molecule has 3 aromatic heterocycles. The molecular weight excluding hydrogens is 427 g/mol. The van der Waals surface area contributed by atoms with Gasteiger partial charge < -0.3 is 19.1 Å². The number of carbonyl (C=O) groups excluding carboxylic acids is 1. The van der Waals surface area contributed by atoms with Crippen LogP contribution in [-0.2, 0) is 22.5 Å². The minimum atomic E-state index is -0.137. The molecule has 169 valence electrons. The predicted octanol–water partition coefficient (Wildman–Crippen LogP) is 2.97. The van der Waals surface area contributed by atoms with E-state index in [0.29, 0.717) is 30.3 Å². The number of amides is 1. The van der Waals surface area contributed by atoms with E-state index in [2.05, 4.69) is 33.0 Å². The van der Waals surface area contributed by atoms with Crippen molar-refractivity contribution in [2.24, 2.45) is 0 Å². The molecule has 4 aromatic rings. The molecule has 1 saturated heterocycles. The molecule has 0 spiro atoms. The van der Waals surface area contributed by atoms with Gasteiger partial charge in [0.2, 0.25) is 5.91 Å². The predicted molar refractivity (Wildman–Crippen MR) is 126 cm³/mol. The van der Waals surface area contributed by atoms with Crippen molar-refractivity contribution in [3.05, 3.63) is 53.3 Å². The van der Waals surface area contributed by atoms with E-state index in [1.54, 1.807) is 18.5 Å². The summed E-state index contributed by atoms with van der Waals surface area (Å²) in [6.07, 6.45) is 5.24. The number of imidazole rings is 1. The van der Waals surface area contributed by atoms with Gasteiger partial charge >= 0.3 is 0 Å². The van der Waals surface area contributed by atoms with Crippen molar-refractivity contribution < 1.29 is 14.1 Å². The molecule has 4 heterocycles. The Labute approximate surface area is 208 Å². The first kappa shape index (κ1) is 24.0. The van der Waals surface area contributed by atoms with Gasteiger partial charge in [0.05, 0.1) is 47.6 Å². The minimum absolute atomic E-state index is 0. The zero-order valence-corrected chi connectivity index (χ0v) is 19.5. The number of rotatable bonds is 5. The van der Waals surface area contributed by atoms with Crippen molar-refractivity contribution in [3.63, 3.8) is 0 Å². The third-order valence-electron chi connectivity index (χ3n) is 6.19.